The van der Waals surface area contributed by atoms with Gasteiger partial charge in [-0.2, -0.15) is 0 Å². The summed E-state index contributed by atoms with van der Waals surface area (Å²) < 4.78 is 6.42. The monoisotopic (exact) mass is 594 g/mol. The van der Waals surface area contributed by atoms with Crippen LogP contribution in [-0.2, 0) is 0 Å². The van der Waals surface area contributed by atoms with Gasteiger partial charge in [-0.3, -0.25) is 0 Å². The first kappa shape index (κ1) is 25.1. The average Bonchev–Trinajstić information content (AvgIpc) is 3.53. The van der Waals surface area contributed by atoms with Gasteiger partial charge in [0.25, 0.3) is 0 Å². The molecule has 216 valence electrons. The van der Waals surface area contributed by atoms with Crippen molar-refractivity contribution in [3.05, 3.63) is 158 Å². The zero-order valence-corrected chi connectivity index (χ0v) is 25.4. The van der Waals surface area contributed by atoms with Crippen molar-refractivity contribution in [2.75, 3.05) is 0 Å². The molecule has 10 aromatic carbocycles. The van der Waals surface area contributed by atoms with Gasteiger partial charge in [-0.1, -0.05) is 121 Å². The lowest BCUT2D eigenvalue weighted by Crippen LogP contribution is -1.91. The van der Waals surface area contributed by atoms with E-state index in [1.807, 2.05) is 0 Å². The predicted molar refractivity (Wildman–Crippen MR) is 201 cm³/mol. The van der Waals surface area contributed by atoms with Gasteiger partial charge in [-0.15, -0.1) is 0 Å². The molecular formula is C46H26O. The maximum atomic E-state index is 6.42. The molecule has 0 radical (unpaired) electrons. The molecule has 0 fully saturated rings. The van der Waals surface area contributed by atoms with E-state index in [0.717, 1.165) is 27.3 Å². The molecule has 0 aliphatic carbocycles. The highest BCUT2D eigenvalue weighted by Gasteiger charge is 2.18. The molecular weight excluding hydrogens is 569 g/mol. The van der Waals surface area contributed by atoms with Gasteiger partial charge in [0.2, 0.25) is 0 Å². The van der Waals surface area contributed by atoms with Crippen molar-refractivity contribution in [3.8, 4) is 22.3 Å². The number of fused-ring (bicyclic) bond motifs is 11. The largest absolute Gasteiger partial charge is 0.455 e. The molecule has 0 amide bonds. The van der Waals surface area contributed by atoms with Gasteiger partial charge >= 0.3 is 0 Å². The lowest BCUT2D eigenvalue weighted by molar-refractivity contribution is 0.672. The van der Waals surface area contributed by atoms with E-state index < -0.39 is 0 Å². The lowest BCUT2D eigenvalue weighted by atomic mass is 9.84. The zero-order chi connectivity index (χ0) is 30.6. The maximum Gasteiger partial charge on any atom is 0.143 e. The Morgan fingerprint density at radius 2 is 0.787 bits per heavy atom. The Hall–Kier alpha value is -6.18. The molecule has 11 rings (SSSR count). The summed E-state index contributed by atoms with van der Waals surface area (Å²) in [5, 5.41) is 17.9. The van der Waals surface area contributed by atoms with Crippen molar-refractivity contribution >= 4 is 86.6 Å². The van der Waals surface area contributed by atoms with Crippen LogP contribution in [0.25, 0.3) is 109 Å². The quantitative estimate of drug-likeness (QED) is 0.143. The van der Waals surface area contributed by atoms with E-state index in [1.54, 1.807) is 0 Å². The Balaban J connectivity index is 1.16. The molecule has 0 N–H and O–H groups in total. The minimum atomic E-state index is 0.919. The van der Waals surface area contributed by atoms with Crippen molar-refractivity contribution in [2.24, 2.45) is 0 Å². The van der Waals surface area contributed by atoms with Crippen LogP contribution in [0, 0.1) is 0 Å². The van der Waals surface area contributed by atoms with Crippen molar-refractivity contribution in [1.82, 2.24) is 0 Å². The summed E-state index contributed by atoms with van der Waals surface area (Å²) in [6.45, 7) is 0. The minimum absolute atomic E-state index is 0.919. The molecule has 0 spiro atoms. The van der Waals surface area contributed by atoms with Gasteiger partial charge in [0.05, 0.1) is 0 Å². The summed E-state index contributed by atoms with van der Waals surface area (Å²) in [6.07, 6.45) is 0. The highest BCUT2D eigenvalue weighted by molar-refractivity contribution is 6.40. The summed E-state index contributed by atoms with van der Waals surface area (Å²) in [5.74, 6) is 0. The summed E-state index contributed by atoms with van der Waals surface area (Å²) in [4.78, 5) is 0. The van der Waals surface area contributed by atoms with Crippen LogP contribution >= 0.6 is 0 Å². The van der Waals surface area contributed by atoms with Crippen molar-refractivity contribution < 1.29 is 4.42 Å². The second-order valence-electron chi connectivity index (χ2n) is 12.8. The SMILES string of the molecule is c1cc(-c2ccc3oc4c5ccccc5ccc4c3c2)cc(-c2cc3c4ccccc4c4cccc5c6ccccc6c(c2)c3c45)c1. The standard InChI is InChI=1S/C46H26O/c1-2-12-32-27(9-1)19-21-39-40-24-30(20-22-43(40)47-46(32)39)28-10-7-11-29(23-28)31-25-41-35-15-5-3-13-33(35)37-17-8-18-38-34-14-4-6-16-36(34)42(26-31)45(41)44(37)38/h1-26H. The third kappa shape index (κ3) is 3.43. The normalized spacial score (nSPS) is 12.3. The van der Waals surface area contributed by atoms with E-state index in [0.29, 0.717) is 0 Å². The molecule has 0 atom stereocenters. The highest BCUT2D eigenvalue weighted by atomic mass is 16.3. The topological polar surface area (TPSA) is 13.1 Å². The van der Waals surface area contributed by atoms with Crippen LogP contribution in [0.1, 0.15) is 0 Å². The van der Waals surface area contributed by atoms with Crippen molar-refractivity contribution in [2.45, 2.75) is 0 Å². The molecule has 11 aromatic rings. The summed E-state index contributed by atoms with van der Waals surface area (Å²) in [7, 11) is 0. The number of rotatable bonds is 2. The van der Waals surface area contributed by atoms with Gasteiger partial charge in [0, 0.05) is 16.2 Å². The van der Waals surface area contributed by atoms with Gasteiger partial charge in [0.1, 0.15) is 11.2 Å². The van der Waals surface area contributed by atoms with Gasteiger partial charge in [0.15, 0.2) is 0 Å². The third-order valence-corrected chi connectivity index (χ3v) is 10.4. The van der Waals surface area contributed by atoms with E-state index in [4.69, 9.17) is 4.42 Å². The van der Waals surface area contributed by atoms with E-state index in [9.17, 15) is 0 Å². The third-order valence-electron chi connectivity index (χ3n) is 10.4. The molecule has 1 heterocycles. The van der Waals surface area contributed by atoms with Crippen LogP contribution in [0.2, 0.25) is 0 Å². The van der Waals surface area contributed by atoms with E-state index in [2.05, 4.69) is 158 Å². The number of hydrogen-bond acceptors (Lipinski definition) is 1. The van der Waals surface area contributed by atoms with Crippen LogP contribution in [-0.4, -0.2) is 0 Å². The van der Waals surface area contributed by atoms with E-state index in [-0.39, 0.29) is 0 Å². The van der Waals surface area contributed by atoms with Gasteiger partial charge in [-0.05, 0) is 118 Å². The molecule has 1 heteroatoms. The van der Waals surface area contributed by atoms with Crippen LogP contribution in [0.3, 0.4) is 0 Å². The molecule has 0 bridgehead atoms. The Bertz CT molecular complexity index is 2960. The first-order valence-electron chi connectivity index (χ1n) is 16.3. The van der Waals surface area contributed by atoms with Crippen molar-refractivity contribution in [3.63, 3.8) is 0 Å². The lowest BCUT2D eigenvalue weighted by Gasteiger charge is -2.19. The molecule has 0 saturated carbocycles. The maximum absolute atomic E-state index is 6.42. The fraction of sp³-hybridized carbons (Fsp3) is 0. The van der Waals surface area contributed by atoms with Crippen LogP contribution in [0.5, 0.6) is 0 Å². The van der Waals surface area contributed by atoms with Gasteiger partial charge in [-0.25, -0.2) is 0 Å². The van der Waals surface area contributed by atoms with Gasteiger partial charge < -0.3 is 4.42 Å². The molecule has 1 aromatic heterocycles. The fourth-order valence-corrected chi connectivity index (χ4v) is 8.24. The first-order chi connectivity index (χ1) is 23.3. The first-order valence-corrected chi connectivity index (χ1v) is 16.3. The number of furan rings is 1. The second kappa shape index (κ2) is 9.19. The fourth-order valence-electron chi connectivity index (χ4n) is 8.24. The Kier molecular flexibility index (Phi) is 4.90. The molecule has 0 saturated heterocycles. The Morgan fingerprint density at radius 3 is 1.49 bits per heavy atom. The van der Waals surface area contributed by atoms with Crippen LogP contribution in [0.15, 0.2) is 162 Å². The number of benzene rings is 10. The molecule has 47 heavy (non-hydrogen) atoms. The highest BCUT2D eigenvalue weighted by Crippen LogP contribution is 2.46. The molecule has 1 nitrogen and oxygen atoms in total. The predicted octanol–water partition coefficient (Wildman–Crippen LogP) is 13.3. The summed E-state index contributed by atoms with van der Waals surface area (Å²) in [6, 6.07) is 57.9. The Morgan fingerprint density at radius 1 is 0.277 bits per heavy atom. The Labute approximate surface area is 270 Å². The van der Waals surface area contributed by atoms with Crippen molar-refractivity contribution in [1.29, 1.82) is 0 Å². The molecule has 0 aliphatic rings. The van der Waals surface area contributed by atoms with E-state index in [1.165, 1.54) is 81.5 Å². The smallest absolute Gasteiger partial charge is 0.143 e. The zero-order valence-electron chi connectivity index (χ0n) is 25.4. The minimum Gasteiger partial charge on any atom is -0.455 e. The number of hydrogen-bond donors (Lipinski definition) is 0. The van der Waals surface area contributed by atoms with Crippen LogP contribution in [0.4, 0.5) is 0 Å². The summed E-state index contributed by atoms with van der Waals surface area (Å²) in [5.41, 5.74) is 6.70. The average molecular weight is 595 g/mol. The molecule has 0 unspecified atom stereocenters. The van der Waals surface area contributed by atoms with Crippen LogP contribution < -0.4 is 0 Å². The summed E-state index contributed by atoms with van der Waals surface area (Å²) >= 11 is 0. The second-order valence-corrected chi connectivity index (χ2v) is 12.8. The van der Waals surface area contributed by atoms with E-state index >= 15 is 0 Å². The molecule has 0 aliphatic heterocycles.